The average molecular weight is 252 g/mol. The van der Waals surface area contributed by atoms with Gasteiger partial charge in [0, 0.05) is 31.8 Å². The van der Waals surface area contributed by atoms with Gasteiger partial charge in [-0.2, -0.15) is 0 Å². The van der Waals surface area contributed by atoms with Crippen molar-refractivity contribution in [2.45, 2.75) is 75.6 Å². The summed E-state index contributed by atoms with van der Waals surface area (Å²) < 4.78 is 5.82. The smallest absolute Gasteiger partial charge is 0.0805 e. The molecule has 3 rings (SSSR count). The summed E-state index contributed by atoms with van der Waals surface area (Å²) >= 11 is 0. The molecule has 2 heterocycles. The number of hydrogen-bond acceptors (Lipinski definition) is 3. The van der Waals surface area contributed by atoms with E-state index in [1.165, 1.54) is 51.5 Å². The maximum Gasteiger partial charge on any atom is 0.0805 e. The molecule has 2 saturated heterocycles. The van der Waals surface area contributed by atoms with Gasteiger partial charge in [-0.25, -0.2) is 0 Å². The fourth-order valence-electron chi connectivity index (χ4n) is 4.32. The van der Waals surface area contributed by atoms with Gasteiger partial charge in [0.05, 0.1) is 5.60 Å². The summed E-state index contributed by atoms with van der Waals surface area (Å²) in [4.78, 5) is 2.79. The summed E-state index contributed by atoms with van der Waals surface area (Å²) in [7, 11) is 1.91. The van der Waals surface area contributed by atoms with Gasteiger partial charge in [0.25, 0.3) is 0 Å². The van der Waals surface area contributed by atoms with Crippen molar-refractivity contribution in [3.8, 4) is 0 Å². The minimum atomic E-state index is 0.214. The predicted octanol–water partition coefficient (Wildman–Crippen LogP) is 2.16. The molecule has 1 N–H and O–H groups in total. The lowest BCUT2D eigenvalue weighted by atomic mass is 9.78. The van der Waals surface area contributed by atoms with Crippen molar-refractivity contribution in [1.29, 1.82) is 0 Å². The molecule has 2 bridgehead atoms. The minimum Gasteiger partial charge on any atom is -0.377 e. The Kier molecular flexibility index (Phi) is 3.65. The van der Waals surface area contributed by atoms with Crippen LogP contribution in [0.2, 0.25) is 0 Å². The molecule has 104 valence electrons. The Balaban J connectivity index is 1.61. The highest BCUT2D eigenvalue weighted by Crippen LogP contribution is 2.42. The quantitative estimate of drug-likeness (QED) is 0.811. The second-order valence-corrected chi connectivity index (χ2v) is 6.52. The molecule has 0 radical (unpaired) electrons. The molecule has 0 spiro atoms. The minimum absolute atomic E-state index is 0.214. The van der Waals surface area contributed by atoms with E-state index in [9.17, 15) is 0 Å². The first-order chi connectivity index (χ1) is 8.76. The van der Waals surface area contributed by atoms with Crippen LogP contribution in [0.25, 0.3) is 0 Å². The molecule has 1 aliphatic carbocycles. The number of methoxy groups -OCH3 is 1. The summed E-state index contributed by atoms with van der Waals surface area (Å²) in [6.07, 6.45) is 9.43. The van der Waals surface area contributed by atoms with E-state index in [4.69, 9.17) is 4.74 Å². The van der Waals surface area contributed by atoms with Crippen molar-refractivity contribution in [3.05, 3.63) is 0 Å². The van der Waals surface area contributed by atoms with Crippen LogP contribution in [-0.2, 0) is 4.74 Å². The maximum atomic E-state index is 5.82. The highest BCUT2D eigenvalue weighted by molar-refractivity contribution is 5.02. The standard InChI is InChI=1S/C15H28N2O/c1-3-16-12-9-13-5-6-14(10-12)17(13)11-15(18-2)7-4-8-15/h12-14,16H,3-11H2,1-2H3. The Morgan fingerprint density at radius 2 is 1.89 bits per heavy atom. The van der Waals surface area contributed by atoms with Crippen LogP contribution in [0.5, 0.6) is 0 Å². The lowest BCUT2D eigenvalue weighted by molar-refractivity contribution is -0.104. The van der Waals surface area contributed by atoms with Crippen LogP contribution in [-0.4, -0.2) is 48.8 Å². The van der Waals surface area contributed by atoms with Gasteiger partial charge in [-0.15, -0.1) is 0 Å². The number of hydrogen-bond donors (Lipinski definition) is 1. The molecule has 3 fully saturated rings. The van der Waals surface area contributed by atoms with E-state index < -0.39 is 0 Å². The van der Waals surface area contributed by atoms with Crippen molar-refractivity contribution in [2.75, 3.05) is 20.2 Å². The molecule has 0 aromatic rings. The third-order valence-corrected chi connectivity index (χ3v) is 5.55. The van der Waals surface area contributed by atoms with Gasteiger partial charge in [0.2, 0.25) is 0 Å². The van der Waals surface area contributed by atoms with Crippen LogP contribution < -0.4 is 5.32 Å². The number of rotatable bonds is 5. The molecular formula is C15H28N2O. The molecule has 2 unspecified atom stereocenters. The zero-order chi connectivity index (χ0) is 12.6. The summed E-state index contributed by atoms with van der Waals surface area (Å²) in [6, 6.07) is 2.41. The zero-order valence-corrected chi connectivity index (χ0v) is 12.0. The van der Waals surface area contributed by atoms with Crippen molar-refractivity contribution in [1.82, 2.24) is 10.2 Å². The van der Waals surface area contributed by atoms with Crippen molar-refractivity contribution in [3.63, 3.8) is 0 Å². The largest absolute Gasteiger partial charge is 0.377 e. The Hall–Kier alpha value is -0.120. The van der Waals surface area contributed by atoms with Crippen LogP contribution in [0.1, 0.15) is 51.9 Å². The second-order valence-electron chi connectivity index (χ2n) is 6.52. The van der Waals surface area contributed by atoms with Crippen LogP contribution in [0, 0.1) is 0 Å². The Morgan fingerprint density at radius 1 is 1.22 bits per heavy atom. The van der Waals surface area contributed by atoms with Gasteiger partial charge in [-0.1, -0.05) is 6.92 Å². The maximum absolute atomic E-state index is 5.82. The first-order valence-corrected chi connectivity index (χ1v) is 7.80. The predicted molar refractivity (Wildman–Crippen MR) is 73.8 cm³/mol. The highest BCUT2D eigenvalue weighted by atomic mass is 16.5. The molecule has 0 amide bonds. The Bertz CT molecular complexity index is 271. The van der Waals surface area contributed by atoms with Crippen molar-refractivity contribution < 1.29 is 4.74 Å². The molecule has 1 saturated carbocycles. The molecule has 0 aromatic carbocycles. The van der Waals surface area contributed by atoms with Gasteiger partial charge in [-0.3, -0.25) is 4.90 Å². The molecule has 18 heavy (non-hydrogen) atoms. The molecule has 3 nitrogen and oxygen atoms in total. The number of nitrogens with zero attached hydrogens (tertiary/aromatic N) is 1. The lowest BCUT2D eigenvalue weighted by Crippen LogP contribution is -2.56. The summed E-state index contributed by atoms with van der Waals surface area (Å²) in [5.74, 6) is 0. The van der Waals surface area contributed by atoms with E-state index in [2.05, 4.69) is 17.1 Å². The van der Waals surface area contributed by atoms with Gasteiger partial charge in [-0.05, 0) is 51.5 Å². The van der Waals surface area contributed by atoms with Crippen molar-refractivity contribution in [2.24, 2.45) is 0 Å². The van der Waals surface area contributed by atoms with E-state index in [0.29, 0.717) is 0 Å². The first-order valence-electron chi connectivity index (χ1n) is 7.80. The fourth-order valence-corrected chi connectivity index (χ4v) is 4.32. The zero-order valence-electron chi connectivity index (χ0n) is 12.0. The molecule has 3 heteroatoms. The normalized spacial score (nSPS) is 38.7. The SMILES string of the molecule is CCNC1CC2CCC(C1)N2CC1(OC)CCC1. The Labute approximate surface area is 111 Å². The van der Waals surface area contributed by atoms with Gasteiger partial charge < -0.3 is 10.1 Å². The topological polar surface area (TPSA) is 24.5 Å². The Morgan fingerprint density at radius 3 is 2.33 bits per heavy atom. The van der Waals surface area contributed by atoms with E-state index in [-0.39, 0.29) is 5.60 Å². The third kappa shape index (κ3) is 2.21. The molecule has 3 aliphatic rings. The van der Waals surface area contributed by atoms with Gasteiger partial charge in [0.15, 0.2) is 0 Å². The van der Waals surface area contributed by atoms with Crippen LogP contribution in [0.15, 0.2) is 0 Å². The lowest BCUT2D eigenvalue weighted by Gasteiger charge is -2.48. The molecule has 2 atom stereocenters. The van der Waals surface area contributed by atoms with Gasteiger partial charge >= 0.3 is 0 Å². The molecular weight excluding hydrogens is 224 g/mol. The van der Waals surface area contributed by atoms with E-state index in [1.807, 2.05) is 7.11 Å². The average Bonchev–Trinajstić information content (AvgIpc) is 2.56. The van der Waals surface area contributed by atoms with E-state index >= 15 is 0 Å². The van der Waals surface area contributed by atoms with Crippen LogP contribution in [0.3, 0.4) is 0 Å². The number of ether oxygens (including phenoxy) is 1. The summed E-state index contributed by atoms with van der Waals surface area (Å²) in [5.41, 5.74) is 0.214. The monoisotopic (exact) mass is 252 g/mol. The fraction of sp³-hybridized carbons (Fsp3) is 1.00. The van der Waals surface area contributed by atoms with E-state index in [0.717, 1.165) is 24.7 Å². The summed E-state index contributed by atoms with van der Waals surface area (Å²) in [6.45, 7) is 4.53. The summed E-state index contributed by atoms with van der Waals surface area (Å²) in [5, 5.41) is 3.65. The second kappa shape index (κ2) is 5.10. The molecule has 0 aromatic heterocycles. The third-order valence-electron chi connectivity index (χ3n) is 5.55. The number of nitrogens with one attached hydrogen (secondary N) is 1. The number of fused-ring (bicyclic) bond motifs is 2. The first kappa shape index (κ1) is 12.9. The van der Waals surface area contributed by atoms with Crippen LogP contribution >= 0.6 is 0 Å². The van der Waals surface area contributed by atoms with Gasteiger partial charge in [0.1, 0.15) is 0 Å². The number of piperidine rings is 1. The highest BCUT2D eigenvalue weighted by Gasteiger charge is 2.46. The molecule has 2 aliphatic heterocycles. The van der Waals surface area contributed by atoms with E-state index in [1.54, 1.807) is 0 Å². The van der Waals surface area contributed by atoms with Crippen molar-refractivity contribution >= 4 is 0 Å². The van der Waals surface area contributed by atoms with Crippen LogP contribution in [0.4, 0.5) is 0 Å².